The minimum absolute atomic E-state index is 0.0487. The molecule has 2 N–H and O–H groups in total. The third-order valence-corrected chi connectivity index (χ3v) is 5.84. The number of carbonyl (C=O) groups excluding carboxylic acids is 1. The van der Waals surface area contributed by atoms with Crippen LogP contribution in [0.2, 0.25) is 0 Å². The van der Waals surface area contributed by atoms with Crippen LogP contribution in [0.5, 0.6) is 0 Å². The van der Waals surface area contributed by atoms with Gasteiger partial charge in [-0.05, 0) is 59.7 Å². The van der Waals surface area contributed by atoms with Crippen molar-refractivity contribution in [3.8, 4) is 0 Å². The number of anilines is 3. The van der Waals surface area contributed by atoms with Gasteiger partial charge in [-0.15, -0.1) is 0 Å². The smallest absolute Gasteiger partial charge is 0.243 e. The number of benzene rings is 3. The lowest BCUT2D eigenvalue weighted by molar-refractivity contribution is -0.114. The fourth-order valence-electron chi connectivity index (χ4n) is 4.36. The number of carbonyl (C=O) groups is 1. The Bertz CT molecular complexity index is 1030. The predicted molar refractivity (Wildman–Crippen MR) is 118 cm³/mol. The number of amides is 1. The van der Waals surface area contributed by atoms with Gasteiger partial charge in [0.05, 0.1) is 19.8 Å². The number of nitrogens with zero attached hydrogens (tertiary/aromatic N) is 1. The van der Waals surface area contributed by atoms with Crippen LogP contribution in [0.25, 0.3) is 10.8 Å². The van der Waals surface area contributed by atoms with Crippen molar-refractivity contribution in [2.75, 3.05) is 48.4 Å². The van der Waals surface area contributed by atoms with Gasteiger partial charge >= 0.3 is 0 Å². The van der Waals surface area contributed by atoms with Crippen molar-refractivity contribution in [2.45, 2.75) is 12.8 Å². The van der Waals surface area contributed by atoms with Gasteiger partial charge in [0.25, 0.3) is 0 Å². The molecule has 1 saturated heterocycles. The van der Waals surface area contributed by atoms with Crippen LogP contribution in [0.3, 0.4) is 0 Å². The Kier molecular flexibility index (Phi) is 4.82. The zero-order valence-electron chi connectivity index (χ0n) is 16.4. The summed E-state index contributed by atoms with van der Waals surface area (Å²) in [5, 5.41) is 8.87. The number of aryl methyl sites for hydroxylation is 2. The van der Waals surface area contributed by atoms with E-state index >= 15 is 0 Å². The lowest BCUT2D eigenvalue weighted by Gasteiger charge is -2.28. The van der Waals surface area contributed by atoms with Gasteiger partial charge in [0.15, 0.2) is 0 Å². The maximum atomic E-state index is 12.5. The first-order chi connectivity index (χ1) is 14.3. The summed E-state index contributed by atoms with van der Waals surface area (Å²) in [5.41, 5.74) is 5.81. The van der Waals surface area contributed by atoms with Gasteiger partial charge < -0.3 is 20.3 Å². The van der Waals surface area contributed by atoms with Crippen LogP contribution in [-0.2, 0) is 22.4 Å². The first-order valence-corrected chi connectivity index (χ1v) is 10.3. The molecule has 0 radical (unpaired) electrons. The zero-order valence-corrected chi connectivity index (χ0v) is 16.4. The molecule has 5 heteroatoms. The lowest BCUT2D eigenvalue weighted by atomic mass is 10.0. The molecule has 3 aromatic rings. The highest BCUT2D eigenvalue weighted by Crippen LogP contribution is 2.34. The summed E-state index contributed by atoms with van der Waals surface area (Å²) in [6, 6.07) is 18.8. The zero-order chi connectivity index (χ0) is 19.6. The van der Waals surface area contributed by atoms with Crippen LogP contribution in [0.1, 0.15) is 11.1 Å². The van der Waals surface area contributed by atoms with Crippen molar-refractivity contribution < 1.29 is 9.53 Å². The molecule has 0 spiro atoms. The van der Waals surface area contributed by atoms with E-state index in [9.17, 15) is 4.79 Å². The maximum absolute atomic E-state index is 12.5. The van der Waals surface area contributed by atoms with Gasteiger partial charge in [0, 0.05) is 35.5 Å². The van der Waals surface area contributed by atoms with Gasteiger partial charge in [-0.3, -0.25) is 4.79 Å². The van der Waals surface area contributed by atoms with E-state index in [0.717, 1.165) is 56.2 Å². The Morgan fingerprint density at radius 2 is 1.69 bits per heavy atom. The van der Waals surface area contributed by atoms with Gasteiger partial charge in [-0.1, -0.05) is 24.3 Å². The van der Waals surface area contributed by atoms with E-state index < -0.39 is 0 Å². The van der Waals surface area contributed by atoms with Crippen LogP contribution in [0.4, 0.5) is 17.1 Å². The van der Waals surface area contributed by atoms with Crippen molar-refractivity contribution in [1.29, 1.82) is 0 Å². The van der Waals surface area contributed by atoms with Crippen LogP contribution in [-0.4, -0.2) is 38.8 Å². The average Bonchev–Trinajstić information content (AvgIpc) is 3.19. The van der Waals surface area contributed by atoms with Gasteiger partial charge in [-0.25, -0.2) is 0 Å². The molecule has 5 nitrogen and oxygen atoms in total. The molecule has 0 unspecified atom stereocenters. The molecule has 2 aliphatic rings. The molecule has 29 heavy (non-hydrogen) atoms. The van der Waals surface area contributed by atoms with Crippen molar-refractivity contribution in [3.05, 3.63) is 65.7 Å². The summed E-state index contributed by atoms with van der Waals surface area (Å²) in [4.78, 5) is 14.8. The molecule has 1 aliphatic carbocycles. The number of morpholine rings is 1. The van der Waals surface area contributed by atoms with Gasteiger partial charge in [0.2, 0.25) is 5.91 Å². The Morgan fingerprint density at radius 1 is 0.931 bits per heavy atom. The van der Waals surface area contributed by atoms with Crippen LogP contribution < -0.4 is 15.5 Å². The molecular formula is C24H25N3O2. The molecule has 3 aromatic carbocycles. The molecule has 1 fully saturated rings. The highest BCUT2D eigenvalue weighted by molar-refractivity contribution is 6.01. The van der Waals surface area contributed by atoms with E-state index in [0.29, 0.717) is 0 Å². The highest BCUT2D eigenvalue weighted by Gasteiger charge is 2.16. The fraction of sp³-hybridized carbons (Fsp3) is 0.292. The normalized spacial score (nSPS) is 15.5. The molecule has 0 atom stereocenters. The number of rotatable bonds is 5. The SMILES string of the molecule is O=C(CNc1ccc2c3c(cccc13)CC2)Nc1ccc(N2CCOCC2)cc1. The van der Waals surface area contributed by atoms with E-state index in [1.807, 2.05) is 12.1 Å². The summed E-state index contributed by atoms with van der Waals surface area (Å²) in [7, 11) is 0. The molecule has 1 heterocycles. The van der Waals surface area contributed by atoms with E-state index in [2.05, 4.69) is 58.0 Å². The summed E-state index contributed by atoms with van der Waals surface area (Å²) in [6.07, 6.45) is 2.22. The third kappa shape index (κ3) is 3.66. The monoisotopic (exact) mass is 387 g/mol. The second-order valence-electron chi connectivity index (χ2n) is 7.66. The summed E-state index contributed by atoms with van der Waals surface area (Å²) < 4.78 is 5.40. The van der Waals surface area contributed by atoms with Crippen molar-refractivity contribution in [3.63, 3.8) is 0 Å². The van der Waals surface area contributed by atoms with Crippen LogP contribution >= 0.6 is 0 Å². The lowest BCUT2D eigenvalue weighted by Crippen LogP contribution is -2.36. The largest absolute Gasteiger partial charge is 0.378 e. The topological polar surface area (TPSA) is 53.6 Å². The second kappa shape index (κ2) is 7.76. The molecule has 0 aromatic heterocycles. The molecule has 1 amide bonds. The van der Waals surface area contributed by atoms with E-state index in [-0.39, 0.29) is 12.5 Å². The highest BCUT2D eigenvalue weighted by atomic mass is 16.5. The number of hydrogen-bond acceptors (Lipinski definition) is 4. The summed E-state index contributed by atoms with van der Waals surface area (Å²) in [6.45, 7) is 3.58. The van der Waals surface area contributed by atoms with E-state index in [4.69, 9.17) is 4.74 Å². The van der Waals surface area contributed by atoms with E-state index in [1.165, 1.54) is 21.9 Å². The standard InChI is InChI=1S/C24H25N3O2/c28-23(26-19-7-9-20(10-8-19)27-12-14-29-15-13-27)16-25-22-11-6-18-5-4-17-2-1-3-21(22)24(17)18/h1-3,6-11,25H,4-5,12-16H2,(H,26,28). The quantitative estimate of drug-likeness (QED) is 0.699. The van der Waals surface area contributed by atoms with E-state index in [1.54, 1.807) is 0 Å². The number of hydrogen-bond donors (Lipinski definition) is 2. The molecule has 0 bridgehead atoms. The van der Waals surface area contributed by atoms with Gasteiger partial charge in [0.1, 0.15) is 0 Å². The van der Waals surface area contributed by atoms with Crippen molar-refractivity contribution >= 4 is 33.7 Å². The predicted octanol–water partition coefficient (Wildman–Crippen LogP) is 3.83. The van der Waals surface area contributed by atoms with Crippen molar-refractivity contribution in [2.24, 2.45) is 0 Å². The Hall–Kier alpha value is -3.05. The Morgan fingerprint density at radius 3 is 2.48 bits per heavy atom. The number of ether oxygens (including phenoxy) is 1. The minimum Gasteiger partial charge on any atom is -0.378 e. The summed E-state index contributed by atoms with van der Waals surface area (Å²) in [5.74, 6) is -0.0487. The molecule has 5 rings (SSSR count). The molecule has 1 aliphatic heterocycles. The van der Waals surface area contributed by atoms with Crippen LogP contribution in [0.15, 0.2) is 54.6 Å². The Balaban J connectivity index is 1.22. The third-order valence-electron chi connectivity index (χ3n) is 5.84. The average molecular weight is 387 g/mol. The molecule has 0 saturated carbocycles. The molecule has 148 valence electrons. The Labute approximate surface area is 170 Å². The van der Waals surface area contributed by atoms with Gasteiger partial charge in [-0.2, -0.15) is 0 Å². The van der Waals surface area contributed by atoms with Crippen LogP contribution in [0, 0.1) is 0 Å². The first-order valence-electron chi connectivity index (χ1n) is 10.3. The van der Waals surface area contributed by atoms with Crippen molar-refractivity contribution in [1.82, 2.24) is 0 Å². The second-order valence-corrected chi connectivity index (χ2v) is 7.66. The number of nitrogens with one attached hydrogen (secondary N) is 2. The summed E-state index contributed by atoms with van der Waals surface area (Å²) >= 11 is 0. The molecular weight excluding hydrogens is 362 g/mol. The fourth-order valence-corrected chi connectivity index (χ4v) is 4.36. The maximum Gasteiger partial charge on any atom is 0.243 e. The minimum atomic E-state index is -0.0487. The first kappa shape index (κ1) is 18.0.